The fourth-order valence-electron chi connectivity index (χ4n) is 4.97. The SMILES string of the molecule is CCCCCCOC(=O)/N=C(\N)c1ccc(NCc2nc3cc(C(=O)N(CCC(=O)OCC)C4C=CC=CN4)ccc3n2C)cc1. The number of hydrogen-bond acceptors (Lipinski definition) is 8. The number of nitrogens with two attached hydrogens (primary N) is 1. The summed E-state index contributed by atoms with van der Waals surface area (Å²) in [4.78, 5) is 47.9. The van der Waals surface area contributed by atoms with Crippen LogP contribution in [0.25, 0.3) is 11.0 Å². The van der Waals surface area contributed by atoms with E-state index >= 15 is 0 Å². The Morgan fingerprint density at radius 3 is 2.54 bits per heavy atom. The molecule has 1 aromatic heterocycles. The lowest BCUT2D eigenvalue weighted by Gasteiger charge is -2.31. The van der Waals surface area contributed by atoms with Crippen molar-refractivity contribution in [3.8, 4) is 0 Å². The number of aliphatic imine (C=N–C) groups is 1. The van der Waals surface area contributed by atoms with Gasteiger partial charge in [0.15, 0.2) is 0 Å². The van der Waals surface area contributed by atoms with Crippen LogP contribution in [0.4, 0.5) is 10.5 Å². The summed E-state index contributed by atoms with van der Waals surface area (Å²) in [5, 5.41) is 6.52. The van der Waals surface area contributed by atoms with Gasteiger partial charge in [-0.3, -0.25) is 9.59 Å². The minimum Gasteiger partial charge on any atom is -0.466 e. The number of rotatable bonds is 15. The van der Waals surface area contributed by atoms with Gasteiger partial charge >= 0.3 is 12.1 Å². The molecule has 0 fully saturated rings. The Morgan fingerprint density at radius 2 is 1.83 bits per heavy atom. The number of esters is 1. The van der Waals surface area contributed by atoms with Crippen LogP contribution in [0, 0.1) is 0 Å². The number of imidazole rings is 1. The van der Waals surface area contributed by atoms with Crippen LogP contribution >= 0.6 is 0 Å². The molecule has 12 nitrogen and oxygen atoms in total. The highest BCUT2D eigenvalue weighted by Crippen LogP contribution is 2.21. The van der Waals surface area contributed by atoms with Crippen molar-refractivity contribution in [2.24, 2.45) is 17.8 Å². The van der Waals surface area contributed by atoms with Crippen LogP contribution in [0.5, 0.6) is 0 Å². The number of nitrogens with zero attached hydrogens (tertiary/aromatic N) is 4. The predicted molar refractivity (Wildman–Crippen MR) is 178 cm³/mol. The molecular weight excluding hydrogens is 586 g/mol. The second-order valence-corrected chi connectivity index (χ2v) is 10.8. The highest BCUT2D eigenvalue weighted by Gasteiger charge is 2.25. The van der Waals surface area contributed by atoms with E-state index in [1.54, 1.807) is 42.3 Å². The topological polar surface area (TPSA) is 153 Å². The molecule has 4 rings (SSSR count). The van der Waals surface area contributed by atoms with Crippen LogP contribution in [-0.2, 0) is 27.9 Å². The lowest BCUT2D eigenvalue weighted by atomic mass is 10.1. The van der Waals surface area contributed by atoms with Crippen molar-refractivity contribution in [3.63, 3.8) is 0 Å². The van der Waals surface area contributed by atoms with Gasteiger partial charge in [-0.1, -0.05) is 32.3 Å². The third kappa shape index (κ3) is 9.19. The number of hydrogen-bond donors (Lipinski definition) is 3. The molecule has 1 aliphatic heterocycles. The van der Waals surface area contributed by atoms with Gasteiger partial charge in [-0.25, -0.2) is 9.78 Å². The quantitative estimate of drug-likeness (QED) is 0.0912. The Balaban J connectivity index is 1.39. The number of carbonyl (C=O) groups excluding carboxylic acids is 3. The molecule has 0 saturated heterocycles. The molecule has 4 N–H and O–H groups in total. The molecule has 2 amide bonds. The highest BCUT2D eigenvalue weighted by atomic mass is 16.5. The summed E-state index contributed by atoms with van der Waals surface area (Å²) in [6.45, 7) is 5.12. The molecule has 3 aromatic rings. The van der Waals surface area contributed by atoms with Gasteiger partial charge in [0.1, 0.15) is 17.8 Å². The van der Waals surface area contributed by atoms with E-state index in [1.807, 2.05) is 48.0 Å². The molecule has 46 heavy (non-hydrogen) atoms. The van der Waals surface area contributed by atoms with Gasteiger partial charge in [-0.05, 0) is 74.2 Å². The Hall–Kier alpha value is -5.13. The summed E-state index contributed by atoms with van der Waals surface area (Å²) in [5.41, 5.74) is 9.49. The molecular formula is C34H43N7O5. The first-order valence-corrected chi connectivity index (χ1v) is 15.7. The largest absolute Gasteiger partial charge is 0.466 e. The minimum absolute atomic E-state index is 0.0864. The summed E-state index contributed by atoms with van der Waals surface area (Å²) in [6, 6.07) is 12.7. The first-order valence-electron chi connectivity index (χ1n) is 15.7. The summed E-state index contributed by atoms with van der Waals surface area (Å²) in [6.07, 6.45) is 10.4. The number of ether oxygens (including phenoxy) is 2. The van der Waals surface area contributed by atoms with E-state index in [2.05, 4.69) is 22.5 Å². The standard InChI is InChI=1S/C34H43N7O5/c1-4-6-7-10-21-46-34(44)39-32(35)24-12-15-26(16-13-24)37-23-30-38-27-22-25(14-17-28(27)40(30)3)33(43)41(20-18-31(42)45-5-2)29-11-8-9-19-36-29/h8-9,11-17,19,22,29,36-37H,4-7,10,18,20-21,23H2,1-3H3,(H2,35,39,44). The Bertz CT molecular complexity index is 1590. The number of dihydropyridines is 1. The Morgan fingerprint density at radius 1 is 1.04 bits per heavy atom. The molecule has 2 aromatic carbocycles. The number of anilines is 1. The summed E-state index contributed by atoms with van der Waals surface area (Å²) in [5.74, 6) is 0.286. The van der Waals surface area contributed by atoms with E-state index in [-0.39, 0.29) is 37.3 Å². The summed E-state index contributed by atoms with van der Waals surface area (Å²) >= 11 is 0. The smallest absolute Gasteiger partial charge is 0.435 e. The number of unbranched alkanes of at least 4 members (excludes halogenated alkanes) is 3. The lowest BCUT2D eigenvalue weighted by molar-refractivity contribution is -0.143. The zero-order valence-corrected chi connectivity index (χ0v) is 26.7. The normalized spacial score (nSPS) is 14.2. The molecule has 0 spiro atoms. The zero-order chi connectivity index (χ0) is 32.9. The summed E-state index contributed by atoms with van der Waals surface area (Å²) in [7, 11) is 1.92. The van der Waals surface area contributed by atoms with Crippen LogP contribution in [0.15, 0.2) is 71.9 Å². The Labute approximate surface area is 269 Å². The van der Waals surface area contributed by atoms with Crippen molar-refractivity contribution < 1.29 is 23.9 Å². The molecule has 0 bridgehead atoms. The van der Waals surface area contributed by atoms with Crippen LogP contribution in [-0.4, -0.2) is 64.2 Å². The van der Waals surface area contributed by atoms with E-state index in [0.29, 0.717) is 29.8 Å². The molecule has 0 radical (unpaired) electrons. The maximum atomic E-state index is 13.7. The number of aromatic nitrogens is 2. The van der Waals surface area contributed by atoms with E-state index in [9.17, 15) is 14.4 Å². The molecule has 1 atom stereocenters. The molecule has 1 aliphatic rings. The van der Waals surface area contributed by atoms with E-state index in [1.165, 1.54) is 0 Å². The van der Waals surface area contributed by atoms with Crippen molar-refractivity contribution in [3.05, 3.63) is 83.8 Å². The fourth-order valence-corrected chi connectivity index (χ4v) is 4.97. The molecule has 244 valence electrons. The highest BCUT2D eigenvalue weighted by molar-refractivity contribution is 6.03. The van der Waals surface area contributed by atoms with Crippen LogP contribution in [0.2, 0.25) is 0 Å². The van der Waals surface area contributed by atoms with E-state index in [4.69, 9.17) is 20.2 Å². The number of amides is 2. The first-order chi connectivity index (χ1) is 22.3. The van der Waals surface area contributed by atoms with E-state index < -0.39 is 12.3 Å². The van der Waals surface area contributed by atoms with Crippen molar-refractivity contribution >= 4 is 40.5 Å². The second kappa shape index (κ2) is 16.8. The average molecular weight is 630 g/mol. The summed E-state index contributed by atoms with van der Waals surface area (Å²) < 4.78 is 12.2. The second-order valence-electron chi connectivity index (χ2n) is 10.8. The molecule has 0 aliphatic carbocycles. The van der Waals surface area contributed by atoms with Crippen molar-refractivity contribution in [2.45, 2.75) is 58.7 Å². The Kier molecular flexibility index (Phi) is 12.3. The molecule has 12 heteroatoms. The van der Waals surface area contributed by atoms with Gasteiger partial charge in [0.2, 0.25) is 0 Å². The van der Waals surface area contributed by atoms with Gasteiger partial charge in [0.25, 0.3) is 5.91 Å². The zero-order valence-electron chi connectivity index (χ0n) is 26.7. The number of benzene rings is 2. The fraction of sp³-hybridized carbons (Fsp3) is 0.382. The molecule has 2 heterocycles. The van der Waals surface area contributed by atoms with Crippen LogP contribution < -0.4 is 16.4 Å². The lowest BCUT2D eigenvalue weighted by Crippen LogP contribution is -2.47. The molecule has 0 saturated carbocycles. The minimum atomic E-state index is -0.688. The van der Waals surface area contributed by atoms with Gasteiger partial charge in [0.05, 0.1) is 37.2 Å². The first kappa shape index (κ1) is 33.8. The number of fused-ring (bicyclic) bond motifs is 1. The van der Waals surface area contributed by atoms with Gasteiger partial charge in [0, 0.05) is 30.4 Å². The number of carbonyl (C=O) groups is 3. The maximum absolute atomic E-state index is 13.7. The van der Waals surface area contributed by atoms with Crippen molar-refractivity contribution in [1.82, 2.24) is 19.8 Å². The monoisotopic (exact) mass is 629 g/mol. The van der Waals surface area contributed by atoms with Crippen LogP contribution in [0.1, 0.15) is 67.7 Å². The van der Waals surface area contributed by atoms with Crippen molar-refractivity contribution in [1.29, 1.82) is 0 Å². The predicted octanol–water partition coefficient (Wildman–Crippen LogP) is 5.00. The van der Waals surface area contributed by atoms with E-state index in [0.717, 1.165) is 42.7 Å². The number of nitrogens with one attached hydrogen (secondary N) is 2. The number of allylic oxidation sites excluding steroid dienone is 2. The maximum Gasteiger partial charge on any atom is 0.435 e. The van der Waals surface area contributed by atoms with Gasteiger partial charge < -0.3 is 35.3 Å². The average Bonchev–Trinajstić information content (AvgIpc) is 3.38. The van der Waals surface area contributed by atoms with Gasteiger partial charge in [-0.2, -0.15) is 4.99 Å². The third-order valence-electron chi connectivity index (χ3n) is 7.51. The van der Waals surface area contributed by atoms with Crippen LogP contribution in [0.3, 0.4) is 0 Å². The number of amidine groups is 1. The van der Waals surface area contributed by atoms with Crippen molar-refractivity contribution in [2.75, 3.05) is 25.1 Å². The third-order valence-corrected chi connectivity index (χ3v) is 7.51. The number of aryl methyl sites for hydroxylation is 1. The van der Waals surface area contributed by atoms with Gasteiger partial charge in [-0.15, -0.1) is 0 Å². The molecule has 1 unspecified atom stereocenters.